The first-order valence-electron chi connectivity index (χ1n) is 7.80. The Kier molecular flexibility index (Phi) is 3.51. The van der Waals surface area contributed by atoms with Crippen molar-refractivity contribution in [1.82, 2.24) is 5.32 Å². The number of anilines is 2. The summed E-state index contributed by atoms with van der Waals surface area (Å²) >= 11 is 5.87. The van der Waals surface area contributed by atoms with Crippen molar-refractivity contribution >= 4 is 28.9 Å². The lowest BCUT2D eigenvalue weighted by Crippen LogP contribution is -2.35. The fourth-order valence-corrected chi connectivity index (χ4v) is 3.73. The molecule has 2 aromatic carbocycles. The number of rotatable bonds is 2. The maximum atomic E-state index is 12.5. The Balaban J connectivity index is 1.48. The molecule has 1 fully saturated rings. The number of fused-ring (bicyclic) bond motifs is 2. The van der Waals surface area contributed by atoms with Gasteiger partial charge < -0.3 is 16.0 Å². The number of hydrogen-bond acceptors (Lipinski definition) is 3. The first-order valence-corrected chi connectivity index (χ1v) is 8.17. The summed E-state index contributed by atoms with van der Waals surface area (Å²) in [4.78, 5) is 12.5. The highest BCUT2D eigenvalue weighted by Gasteiger charge is 2.46. The van der Waals surface area contributed by atoms with Crippen LogP contribution in [0.4, 0.5) is 11.4 Å². The van der Waals surface area contributed by atoms with Crippen LogP contribution in [0.15, 0.2) is 48.5 Å². The van der Waals surface area contributed by atoms with Gasteiger partial charge in [0, 0.05) is 34.9 Å². The number of nitrogens with one attached hydrogen (secondary N) is 3. The van der Waals surface area contributed by atoms with E-state index in [4.69, 9.17) is 11.6 Å². The molecule has 2 aliphatic heterocycles. The Morgan fingerprint density at radius 2 is 1.91 bits per heavy atom. The molecule has 2 aliphatic rings. The van der Waals surface area contributed by atoms with Gasteiger partial charge in [-0.1, -0.05) is 29.8 Å². The predicted molar refractivity (Wildman–Crippen MR) is 93.1 cm³/mol. The number of para-hydroxylation sites is 1. The number of carbonyl (C=O) groups is 1. The molecule has 0 radical (unpaired) electrons. The summed E-state index contributed by atoms with van der Waals surface area (Å²) in [5.74, 6) is 0.00794. The lowest BCUT2D eigenvalue weighted by atomic mass is 9.80. The molecule has 23 heavy (non-hydrogen) atoms. The van der Waals surface area contributed by atoms with Gasteiger partial charge in [-0.25, -0.2) is 0 Å². The van der Waals surface area contributed by atoms with Crippen LogP contribution in [0.5, 0.6) is 0 Å². The van der Waals surface area contributed by atoms with E-state index in [2.05, 4.69) is 34.1 Å². The van der Waals surface area contributed by atoms with Gasteiger partial charge >= 0.3 is 0 Å². The fourth-order valence-electron chi connectivity index (χ4n) is 3.60. The normalized spacial score (nSPS) is 25.2. The van der Waals surface area contributed by atoms with Crippen LogP contribution in [-0.2, 0) is 10.2 Å². The number of hydrogen-bond donors (Lipinski definition) is 3. The van der Waals surface area contributed by atoms with E-state index in [0.717, 1.165) is 25.2 Å². The van der Waals surface area contributed by atoms with Crippen molar-refractivity contribution < 1.29 is 4.79 Å². The zero-order chi connectivity index (χ0) is 15.9. The standard InChI is InChI=1S/C18H18ClN3O/c19-12-5-7-13(8-6-12)22-17(23)16-9-18(11-21-16)10-20-15-4-2-1-3-14(15)18/h1-8,16,20-21H,9-11H2,(H,22,23). The summed E-state index contributed by atoms with van der Waals surface area (Å²) < 4.78 is 0. The second-order valence-electron chi connectivity index (χ2n) is 6.31. The molecule has 4 nitrogen and oxygen atoms in total. The van der Waals surface area contributed by atoms with Crippen LogP contribution in [0.3, 0.4) is 0 Å². The van der Waals surface area contributed by atoms with Gasteiger partial charge in [-0.15, -0.1) is 0 Å². The summed E-state index contributed by atoms with van der Waals surface area (Å²) in [7, 11) is 0. The Hall–Kier alpha value is -2.04. The quantitative estimate of drug-likeness (QED) is 0.795. The van der Waals surface area contributed by atoms with E-state index in [9.17, 15) is 4.79 Å². The Bertz CT molecular complexity index is 746. The molecule has 1 saturated heterocycles. The zero-order valence-corrected chi connectivity index (χ0v) is 13.4. The van der Waals surface area contributed by atoms with E-state index in [1.165, 1.54) is 11.3 Å². The molecule has 0 bridgehead atoms. The van der Waals surface area contributed by atoms with Gasteiger partial charge in [0.25, 0.3) is 0 Å². The van der Waals surface area contributed by atoms with E-state index in [1.54, 1.807) is 12.1 Å². The Morgan fingerprint density at radius 1 is 1.13 bits per heavy atom. The van der Waals surface area contributed by atoms with Gasteiger partial charge in [-0.3, -0.25) is 4.79 Å². The highest BCUT2D eigenvalue weighted by molar-refractivity contribution is 6.30. The fraction of sp³-hybridized carbons (Fsp3) is 0.278. The van der Waals surface area contributed by atoms with Crippen molar-refractivity contribution in [3.8, 4) is 0 Å². The first-order chi connectivity index (χ1) is 11.2. The van der Waals surface area contributed by atoms with Gasteiger partial charge in [-0.2, -0.15) is 0 Å². The lowest BCUT2D eigenvalue weighted by molar-refractivity contribution is -0.117. The van der Waals surface area contributed by atoms with Crippen LogP contribution < -0.4 is 16.0 Å². The summed E-state index contributed by atoms with van der Waals surface area (Å²) in [6, 6.07) is 15.4. The summed E-state index contributed by atoms with van der Waals surface area (Å²) in [5, 5.41) is 10.5. The molecule has 5 heteroatoms. The summed E-state index contributed by atoms with van der Waals surface area (Å²) in [5.41, 5.74) is 3.29. The van der Waals surface area contributed by atoms with Crippen LogP contribution in [0, 0.1) is 0 Å². The van der Waals surface area contributed by atoms with Crippen molar-refractivity contribution in [2.75, 3.05) is 23.7 Å². The maximum absolute atomic E-state index is 12.5. The molecule has 0 aromatic heterocycles. The minimum absolute atomic E-state index is 0.00794. The predicted octanol–water partition coefficient (Wildman–Crippen LogP) is 3.00. The van der Waals surface area contributed by atoms with Gasteiger partial charge in [0.1, 0.15) is 0 Å². The molecule has 118 valence electrons. The molecule has 1 spiro atoms. The molecule has 2 aromatic rings. The molecule has 0 aliphatic carbocycles. The topological polar surface area (TPSA) is 53.2 Å². The van der Waals surface area contributed by atoms with Crippen LogP contribution in [0.1, 0.15) is 12.0 Å². The van der Waals surface area contributed by atoms with E-state index in [0.29, 0.717) is 5.02 Å². The molecule has 3 N–H and O–H groups in total. The van der Waals surface area contributed by atoms with Gasteiger partial charge in [-0.05, 0) is 42.3 Å². The molecule has 4 rings (SSSR count). The van der Waals surface area contributed by atoms with Crippen LogP contribution in [0.25, 0.3) is 0 Å². The monoisotopic (exact) mass is 327 g/mol. The Morgan fingerprint density at radius 3 is 2.74 bits per heavy atom. The van der Waals surface area contributed by atoms with Gasteiger partial charge in [0.2, 0.25) is 5.91 Å². The smallest absolute Gasteiger partial charge is 0.241 e. The average Bonchev–Trinajstić information content (AvgIpc) is 3.16. The SMILES string of the molecule is O=C(Nc1ccc(Cl)cc1)C1CC2(CNc3ccccc32)CN1. The third-order valence-electron chi connectivity index (χ3n) is 4.83. The first kappa shape index (κ1) is 14.5. The van der Waals surface area contributed by atoms with E-state index in [1.807, 2.05) is 18.2 Å². The molecule has 2 atom stereocenters. The minimum atomic E-state index is -0.182. The third kappa shape index (κ3) is 2.58. The van der Waals surface area contributed by atoms with Crippen LogP contribution >= 0.6 is 11.6 Å². The second-order valence-corrected chi connectivity index (χ2v) is 6.75. The number of carbonyl (C=O) groups excluding carboxylic acids is 1. The zero-order valence-electron chi connectivity index (χ0n) is 12.6. The minimum Gasteiger partial charge on any atom is -0.384 e. The lowest BCUT2D eigenvalue weighted by Gasteiger charge is -2.22. The number of benzene rings is 2. The van der Waals surface area contributed by atoms with Crippen molar-refractivity contribution in [3.63, 3.8) is 0 Å². The molecule has 1 amide bonds. The molecule has 2 unspecified atom stereocenters. The average molecular weight is 328 g/mol. The van der Waals surface area contributed by atoms with Crippen LogP contribution in [-0.4, -0.2) is 25.0 Å². The largest absolute Gasteiger partial charge is 0.384 e. The van der Waals surface area contributed by atoms with E-state index >= 15 is 0 Å². The molecule has 0 saturated carbocycles. The second kappa shape index (κ2) is 5.55. The van der Waals surface area contributed by atoms with Crippen molar-refractivity contribution in [1.29, 1.82) is 0 Å². The number of halogens is 1. The van der Waals surface area contributed by atoms with E-state index in [-0.39, 0.29) is 17.4 Å². The third-order valence-corrected chi connectivity index (χ3v) is 5.08. The number of amides is 1. The van der Waals surface area contributed by atoms with Crippen molar-refractivity contribution in [2.24, 2.45) is 0 Å². The van der Waals surface area contributed by atoms with Gasteiger partial charge in [0.05, 0.1) is 6.04 Å². The molecular formula is C18H18ClN3O. The highest BCUT2D eigenvalue weighted by atomic mass is 35.5. The van der Waals surface area contributed by atoms with Crippen molar-refractivity contribution in [2.45, 2.75) is 17.9 Å². The maximum Gasteiger partial charge on any atom is 0.241 e. The summed E-state index contributed by atoms with van der Waals surface area (Å²) in [6.45, 7) is 1.69. The highest BCUT2D eigenvalue weighted by Crippen LogP contribution is 2.42. The summed E-state index contributed by atoms with van der Waals surface area (Å²) in [6.07, 6.45) is 0.802. The Labute approximate surface area is 140 Å². The molecular weight excluding hydrogens is 310 g/mol. The van der Waals surface area contributed by atoms with E-state index < -0.39 is 0 Å². The van der Waals surface area contributed by atoms with Gasteiger partial charge in [0.15, 0.2) is 0 Å². The van der Waals surface area contributed by atoms with Crippen LogP contribution in [0.2, 0.25) is 5.02 Å². The molecule has 2 heterocycles. The van der Waals surface area contributed by atoms with Crippen molar-refractivity contribution in [3.05, 3.63) is 59.1 Å².